The van der Waals surface area contributed by atoms with E-state index in [1.54, 1.807) is 0 Å². The van der Waals surface area contributed by atoms with Crippen LogP contribution in [0, 0.1) is 11.8 Å². The van der Waals surface area contributed by atoms with Crippen LogP contribution in [0.1, 0.15) is 53.4 Å². The van der Waals surface area contributed by atoms with Crippen LogP contribution in [0.4, 0.5) is 0 Å². The third-order valence-corrected chi connectivity index (χ3v) is 4.38. The molecule has 17 heavy (non-hydrogen) atoms. The largest absolute Gasteiger partial charge is 0.338 e. The molecular weight excluding hydrogens is 212 g/mol. The van der Waals surface area contributed by atoms with E-state index in [-0.39, 0.29) is 17.9 Å². The minimum Gasteiger partial charge on any atom is -0.338 e. The highest BCUT2D eigenvalue weighted by atomic mass is 16.2. The zero-order valence-corrected chi connectivity index (χ0v) is 11.8. The summed E-state index contributed by atoms with van der Waals surface area (Å²) < 4.78 is 0. The monoisotopic (exact) mass is 240 g/mol. The fourth-order valence-electron chi connectivity index (χ4n) is 2.51. The predicted octanol–water partition coefficient (Wildman–Crippen LogP) is 2.40. The molecule has 0 bridgehead atoms. The maximum atomic E-state index is 12.4. The van der Waals surface area contributed by atoms with Crippen molar-refractivity contribution in [3.63, 3.8) is 0 Å². The van der Waals surface area contributed by atoms with Crippen molar-refractivity contribution < 1.29 is 4.79 Å². The fraction of sp³-hybridized carbons (Fsp3) is 0.929. The molecule has 1 saturated heterocycles. The number of carbonyl (C=O) groups is 1. The van der Waals surface area contributed by atoms with E-state index in [0.29, 0.717) is 12.0 Å². The van der Waals surface area contributed by atoms with Crippen LogP contribution in [0.3, 0.4) is 0 Å². The van der Waals surface area contributed by atoms with Crippen molar-refractivity contribution in [2.75, 3.05) is 6.54 Å². The molecule has 1 fully saturated rings. The van der Waals surface area contributed by atoms with Gasteiger partial charge in [-0.25, -0.2) is 0 Å². The normalized spacial score (nSPS) is 28.9. The van der Waals surface area contributed by atoms with E-state index in [2.05, 4.69) is 27.7 Å². The van der Waals surface area contributed by atoms with Crippen molar-refractivity contribution in [1.29, 1.82) is 0 Å². The van der Waals surface area contributed by atoms with Crippen molar-refractivity contribution in [2.45, 2.75) is 65.5 Å². The lowest BCUT2D eigenvalue weighted by Crippen LogP contribution is -2.53. The van der Waals surface area contributed by atoms with Gasteiger partial charge in [0.15, 0.2) is 0 Å². The topological polar surface area (TPSA) is 46.3 Å². The van der Waals surface area contributed by atoms with Gasteiger partial charge in [0, 0.05) is 12.6 Å². The molecule has 1 amide bonds. The Morgan fingerprint density at radius 2 is 2.06 bits per heavy atom. The second kappa shape index (κ2) is 6.39. The lowest BCUT2D eigenvalue weighted by molar-refractivity contribution is -0.138. The highest BCUT2D eigenvalue weighted by Crippen LogP contribution is 2.25. The van der Waals surface area contributed by atoms with Crippen LogP contribution in [0.2, 0.25) is 0 Å². The maximum Gasteiger partial charge on any atom is 0.240 e. The second-order valence-electron chi connectivity index (χ2n) is 5.60. The molecule has 1 rings (SSSR count). The third kappa shape index (κ3) is 3.44. The molecule has 0 saturated carbocycles. The van der Waals surface area contributed by atoms with Gasteiger partial charge in [-0.3, -0.25) is 4.79 Å². The lowest BCUT2D eigenvalue weighted by Gasteiger charge is -2.39. The first-order valence-electron chi connectivity index (χ1n) is 7.07. The summed E-state index contributed by atoms with van der Waals surface area (Å²) in [5, 5.41) is 0. The van der Waals surface area contributed by atoms with Crippen molar-refractivity contribution >= 4 is 5.91 Å². The summed E-state index contributed by atoms with van der Waals surface area (Å²) in [6.45, 7) is 9.41. The lowest BCUT2D eigenvalue weighted by atomic mass is 9.90. The van der Waals surface area contributed by atoms with Gasteiger partial charge in [-0.1, -0.05) is 33.6 Å². The summed E-state index contributed by atoms with van der Waals surface area (Å²) in [4.78, 5) is 14.4. The zero-order valence-electron chi connectivity index (χ0n) is 11.8. The van der Waals surface area contributed by atoms with Crippen LogP contribution in [-0.2, 0) is 4.79 Å². The summed E-state index contributed by atoms with van der Waals surface area (Å²) in [6, 6.07) is 0.0402. The first-order valence-corrected chi connectivity index (χ1v) is 7.07. The Morgan fingerprint density at radius 3 is 2.59 bits per heavy atom. The molecule has 1 aliphatic rings. The minimum atomic E-state index is -0.321. The van der Waals surface area contributed by atoms with E-state index in [0.717, 1.165) is 25.8 Å². The molecule has 0 aromatic rings. The molecular formula is C14H28N2O. The van der Waals surface area contributed by atoms with Crippen LogP contribution in [0.5, 0.6) is 0 Å². The number of hydrogen-bond acceptors (Lipinski definition) is 2. The number of piperidine rings is 1. The van der Waals surface area contributed by atoms with Crippen LogP contribution >= 0.6 is 0 Å². The van der Waals surface area contributed by atoms with Crippen LogP contribution in [0.25, 0.3) is 0 Å². The van der Waals surface area contributed by atoms with Crippen molar-refractivity contribution in [2.24, 2.45) is 17.6 Å². The Balaban J connectivity index is 2.65. The number of hydrogen-bond donors (Lipinski definition) is 1. The molecule has 0 aliphatic carbocycles. The number of amides is 1. The molecule has 4 atom stereocenters. The Morgan fingerprint density at radius 1 is 1.41 bits per heavy atom. The Hall–Kier alpha value is -0.570. The molecule has 0 aromatic heterocycles. The fourth-order valence-corrected chi connectivity index (χ4v) is 2.51. The summed E-state index contributed by atoms with van der Waals surface area (Å²) in [6.07, 6.45) is 4.50. The number of rotatable bonds is 4. The number of carbonyl (C=O) groups excluding carboxylic acids is 1. The average Bonchev–Trinajstić information content (AvgIpc) is 2.36. The summed E-state index contributed by atoms with van der Waals surface area (Å²) in [7, 11) is 0. The highest BCUT2D eigenvalue weighted by molar-refractivity contribution is 5.82. The van der Waals surface area contributed by atoms with Gasteiger partial charge >= 0.3 is 0 Å². The van der Waals surface area contributed by atoms with Gasteiger partial charge in [-0.15, -0.1) is 0 Å². The maximum absolute atomic E-state index is 12.4. The Kier molecular flexibility index (Phi) is 5.44. The van der Waals surface area contributed by atoms with Crippen LogP contribution in [0.15, 0.2) is 0 Å². The number of likely N-dealkylation sites (tertiary alicyclic amines) is 1. The molecule has 0 aromatic carbocycles. The standard InChI is InChI=1S/C14H28N2O/c1-5-10(3)13(15)14(17)16-9-12(6-2)8-7-11(16)4/h10-13H,5-9,15H2,1-4H3/t10-,11?,12?,13-/m0/s1. The van der Waals surface area contributed by atoms with E-state index in [4.69, 9.17) is 5.73 Å². The van der Waals surface area contributed by atoms with E-state index >= 15 is 0 Å². The molecule has 3 heteroatoms. The summed E-state index contributed by atoms with van der Waals surface area (Å²) in [5.74, 6) is 1.10. The van der Waals surface area contributed by atoms with E-state index in [9.17, 15) is 4.79 Å². The zero-order chi connectivity index (χ0) is 13.0. The molecule has 100 valence electrons. The van der Waals surface area contributed by atoms with Crippen molar-refractivity contribution in [3.8, 4) is 0 Å². The van der Waals surface area contributed by atoms with Crippen molar-refractivity contribution in [3.05, 3.63) is 0 Å². The molecule has 2 unspecified atom stereocenters. The van der Waals surface area contributed by atoms with Crippen LogP contribution < -0.4 is 5.73 Å². The van der Waals surface area contributed by atoms with Gasteiger partial charge in [-0.05, 0) is 31.6 Å². The highest BCUT2D eigenvalue weighted by Gasteiger charge is 2.32. The summed E-state index contributed by atoms with van der Waals surface area (Å²) >= 11 is 0. The first-order chi connectivity index (χ1) is 8.01. The van der Waals surface area contributed by atoms with Gasteiger partial charge in [0.25, 0.3) is 0 Å². The van der Waals surface area contributed by atoms with Gasteiger partial charge in [0.05, 0.1) is 6.04 Å². The van der Waals surface area contributed by atoms with E-state index in [1.807, 2.05) is 4.90 Å². The van der Waals surface area contributed by atoms with E-state index < -0.39 is 0 Å². The van der Waals surface area contributed by atoms with Crippen molar-refractivity contribution in [1.82, 2.24) is 4.90 Å². The predicted molar refractivity (Wildman–Crippen MR) is 71.6 cm³/mol. The first kappa shape index (κ1) is 14.5. The molecule has 0 radical (unpaired) electrons. The minimum absolute atomic E-state index is 0.157. The molecule has 2 N–H and O–H groups in total. The molecule has 0 spiro atoms. The summed E-state index contributed by atoms with van der Waals surface area (Å²) in [5.41, 5.74) is 6.06. The van der Waals surface area contributed by atoms with Gasteiger partial charge in [-0.2, -0.15) is 0 Å². The van der Waals surface area contributed by atoms with Gasteiger partial charge in [0.1, 0.15) is 0 Å². The second-order valence-corrected chi connectivity index (χ2v) is 5.60. The Labute approximate surface area is 106 Å². The van der Waals surface area contributed by atoms with Gasteiger partial charge in [0.2, 0.25) is 5.91 Å². The van der Waals surface area contributed by atoms with Crippen LogP contribution in [-0.4, -0.2) is 29.4 Å². The number of nitrogens with zero attached hydrogens (tertiary/aromatic N) is 1. The molecule has 1 aliphatic heterocycles. The van der Waals surface area contributed by atoms with Gasteiger partial charge < -0.3 is 10.6 Å². The molecule has 1 heterocycles. The number of nitrogens with two attached hydrogens (primary N) is 1. The smallest absolute Gasteiger partial charge is 0.240 e. The molecule has 3 nitrogen and oxygen atoms in total. The van der Waals surface area contributed by atoms with E-state index in [1.165, 1.54) is 6.42 Å². The third-order valence-electron chi connectivity index (χ3n) is 4.38. The SMILES string of the molecule is CCC1CCC(C)N(C(=O)[C@@H](N)[C@@H](C)CC)C1. The average molecular weight is 240 g/mol. The quantitative estimate of drug-likeness (QED) is 0.820. The Bertz CT molecular complexity index is 255.